The minimum absolute atomic E-state index is 0.0332. The van der Waals surface area contributed by atoms with E-state index in [1.165, 1.54) is 23.3 Å². The highest BCUT2D eigenvalue weighted by molar-refractivity contribution is 7.10. The number of thiophene rings is 1. The van der Waals surface area contributed by atoms with Gasteiger partial charge in [-0.05, 0) is 55.5 Å². The minimum Gasteiger partial charge on any atom is -0.393 e. The number of hydrogen-bond donors (Lipinski definition) is 3. The van der Waals surface area contributed by atoms with Crippen molar-refractivity contribution in [3.63, 3.8) is 0 Å². The summed E-state index contributed by atoms with van der Waals surface area (Å²) >= 11 is 1.74. The van der Waals surface area contributed by atoms with Crippen LogP contribution in [-0.2, 0) is 6.42 Å². The van der Waals surface area contributed by atoms with E-state index in [-0.39, 0.29) is 11.8 Å². The Morgan fingerprint density at radius 1 is 1.27 bits per heavy atom. The van der Waals surface area contributed by atoms with Crippen molar-refractivity contribution < 1.29 is 15.3 Å². The zero-order valence-electron chi connectivity index (χ0n) is 16.1. The fourth-order valence-corrected chi connectivity index (χ4v) is 4.44. The normalized spacial score (nSPS) is 27.7. The Kier molecular flexibility index (Phi) is 9.06. The summed E-state index contributed by atoms with van der Waals surface area (Å²) in [6, 6.07) is 2.17. The largest absolute Gasteiger partial charge is 0.393 e. The van der Waals surface area contributed by atoms with Gasteiger partial charge in [0.2, 0.25) is 0 Å². The third kappa shape index (κ3) is 6.66. The molecule has 0 amide bonds. The van der Waals surface area contributed by atoms with Crippen molar-refractivity contribution in [2.75, 3.05) is 0 Å². The van der Waals surface area contributed by atoms with E-state index in [1.807, 2.05) is 6.08 Å². The first kappa shape index (κ1) is 21.4. The van der Waals surface area contributed by atoms with Gasteiger partial charge in [-0.2, -0.15) is 0 Å². The van der Waals surface area contributed by atoms with Gasteiger partial charge in [0, 0.05) is 17.2 Å². The molecule has 0 aliphatic heterocycles. The number of aliphatic hydroxyl groups excluding tert-OH is 3. The van der Waals surface area contributed by atoms with Crippen LogP contribution < -0.4 is 0 Å². The molecule has 146 valence electrons. The lowest BCUT2D eigenvalue weighted by atomic mass is 9.89. The maximum atomic E-state index is 10.3. The summed E-state index contributed by atoms with van der Waals surface area (Å²) < 4.78 is 0. The predicted molar refractivity (Wildman–Crippen MR) is 109 cm³/mol. The molecule has 0 unspecified atom stereocenters. The van der Waals surface area contributed by atoms with Crippen LogP contribution in [0.5, 0.6) is 0 Å². The Bertz CT molecular complexity index is 578. The molecule has 1 fully saturated rings. The maximum absolute atomic E-state index is 10.3. The van der Waals surface area contributed by atoms with Gasteiger partial charge in [0.25, 0.3) is 0 Å². The molecule has 0 bridgehead atoms. The molecule has 2 rings (SSSR count). The average molecular weight is 379 g/mol. The highest BCUT2D eigenvalue weighted by Crippen LogP contribution is 2.36. The topological polar surface area (TPSA) is 60.7 Å². The van der Waals surface area contributed by atoms with Crippen molar-refractivity contribution >= 4 is 11.3 Å². The van der Waals surface area contributed by atoms with Crippen LogP contribution in [0.1, 0.15) is 55.9 Å². The summed E-state index contributed by atoms with van der Waals surface area (Å²) in [5.74, 6) is -0.0512. The summed E-state index contributed by atoms with van der Waals surface area (Å²) in [5, 5.41) is 32.9. The monoisotopic (exact) mass is 378 g/mol. The number of allylic oxidation sites excluding steroid dienone is 2. The van der Waals surface area contributed by atoms with E-state index in [2.05, 4.69) is 37.4 Å². The Balaban J connectivity index is 1.84. The number of hydrogen-bond acceptors (Lipinski definition) is 4. The molecule has 1 aromatic heterocycles. The molecule has 1 aliphatic rings. The molecule has 0 saturated heterocycles. The smallest absolute Gasteiger partial charge is 0.0724 e. The lowest BCUT2D eigenvalue weighted by Crippen LogP contribution is -2.20. The second kappa shape index (κ2) is 11.0. The van der Waals surface area contributed by atoms with Gasteiger partial charge in [-0.1, -0.05) is 44.1 Å². The lowest BCUT2D eigenvalue weighted by molar-refractivity contribution is 0.120. The van der Waals surface area contributed by atoms with Gasteiger partial charge in [0.15, 0.2) is 0 Å². The first-order valence-electron chi connectivity index (χ1n) is 9.92. The molecule has 3 N–H and O–H groups in total. The van der Waals surface area contributed by atoms with E-state index in [0.717, 1.165) is 19.3 Å². The predicted octanol–water partition coefficient (Wildman–Crippen LogP) is 4.40. The first-order valence-corrected chi connectivity index (χ1v) is 10.8. The second-order valence-electron chi connectivity index (χ2n) is 7.52. The zero-order chi connectivity index (χ0) is 18.9. The van der Waals surface area contributed by atoms with Crippen molar-refractivity contribution in [3.8, 4) is 0 Å². The lowest BCUT2D eigenvalue weighted by Gasteiger charge is -2.19. The molecular weight excluding hydrogens is 344 g/mol. The van der Waals surface area contributed by atoms with E-state index in [4.69, 9.17) is 0 Å². The first-order chi connectivity index (χ1) is 12.5. The highest BCUT2D eigenvalue weighted by atomic mass is 32.1. The Labute approximate surface area is 162 Å². The van der Waals surface area contributed by atoms with Crippen LogP contribution in [-0.4, -0.2) is 33.6 Å². The van der Waals surface area contributed by atoms with Crippen LogP contribution in [0.15, 0.2) is 35.8 Å². The van der Waals surface area contributed by atoms with E-state index >= 15 is 0 Å². The molecule has 0 spiro atoms. The summed E-state index contributed by atoms with van der Waals surface area (Å²) in [4.78, 5) is 1.29. The van der Waals surface area contributed by atoms with Gasteiger partial charge in [-0.15, -0.1) is 11.3 Å². The third-order valence-corrected chi connectivity index (χ3v) is 6.19. The van der Waals surface area contributed by atoms with E-state index in [1.54, 1.807) is 17.4 Å². The van der Waals surface area contributed by atoms with Gasteiger partial charge in [0.1, 0.15) is 0 Å². The summed E-state index contributed by atoms with van der Waals surface area (Å²) in [6.07, 6.45) is 12.7. The van der Waals surface area contributed by atoms with Crippen LogP contribution >= 0.6 is 11.3 Å². The molecule has 5 atom stereocenters. The maximum Gasteiger partial charge on any atom is 0.0724 e. The van der Waals surface area contributed by atoms with E-state index < -0.39 is 18.3 Å². The fourth-order valence-electron chi connectivity index (χ4n) is 3.70. The Morgan fingerprint density at radius 2 is 2.08 bits per heavy atom. The third-order valence-electron chi connectivity index (χ3n) is 5.28. The molecule has 4 heteroatoms. The van der Waals surface area contributed by atoms with Crippen LogP contribution in [0.2, 0.25) is 0 Å². The van der Waals surface area contributed by atoms with E-state index in [0.29, 0.717) is 12.8 Å². The SMILES string of the molecule is CCCC/C=C\C[C@@H]1[C@@H](/C=C/[C@@H](O)CCc2csc(C)c2)[C@H](O)C[C@@H]1O. The molecule has 0 aromatic carbocycles. The Hall–Kier alpha value is -0.940. The van der Waals surface area contributed by atoms with Crippen molar-refractivity contribution in [2.45, 2.75) is 77.1 Å². The summed E-state index contributed by atoms with van der Waals surface area (Å²) in [5.41, 5.74) is 1.27. The zero-order valence-corrected chi connectivity index (χ0v) is 16.9. The average Bonchev–Trinajstić information content (AvgIpc) is 3.14. The quantitative estimate of drug-likeness (QED) is 0.418. The molecular formula is C22H34O3S. The van der Waals surface area contributed by atoms with Gasteiger partial charge < -0.3 is 15.3 Å². The fraction of sp³-hybridized carbons (Fsp3) is 0.636. The minimum atomic E-state index is -0.526. The molecule has 0 radical (unpaired) electrons. The van der Waals surface area contributed by atoms with Crippen LogP contribution in [0.3, 0.4) is 0 Å². The van der Waals surface area contributed by atoms with Gasteiger partial charge in [-0.25, -0.2) is 0 Å². The van der Waals surface area contributed by atoms with Gasteiger partial charge >= 0.3 is 0 Å². The Morgan fingerprint density at radius 3 is 2.77 bits per heavy atom. The van der Waals surface area contributed by atoms with Crippen molar-refractivity contribution in [2.24, 2.45) is 11.8 Å². The second-order valence-corrected chi connectivity index (χ2v) is 8.63. The number of aryl methyl sites for hydroxylation is 2. The van der Waals surface area contributed by atoms with Gasteiger partial charge in [0.05, 0.1) is 18.3 Å². The molecule has 3 nitrogen and oxygen atoms in total. The van der Waals surface area contributed by atoms with Crippen LogP contribution in [0, 0.1) is 18.8 Å². The number of aliphatic hydroxyl groups is 3. The molecule has 26 heavy (non-hydrogen) atoms. The number of unbranched alkanes of at least 4 members (excludes halogenated alkanes) is 2. The number of rotatable bonds is 10. The summed E-state index contributed by atoms with van der Waals surface area (Å²) in [6.45, 7) is 4.27. The molecule has 1 saturated carbocycles. The molecule has 1 aliphatic carbocycles. The van der Waals surface area contributed by atoms with Crippen LogP contribution in [0.4, 0.5) is 0 Å². The van der Waals surface area contributed by atoms with Gasteiger partial charge in [-0.3, -0.25) is 0 Å². The highest BCUT2D eigenvalue weighted by Gasteiger charge is 2.39. The standard InChI is InChI=1S/C22H34O3S/c1-3-4-5-6-7-8-19-20(22(25)14-21(19)24)12-11-18(23)10-9-17-13-16(2)26-15-17/h6-7,11-13,15,18-25H,3-5,8-10,14H2,1-2H3/b7-6-,12-11+/t18-,19+,20+,21-,22+/m0/s1. The van der Waals surface area contributed by atoms with Crippen LogP contribution in [0.25, 0.3) is 0 Å². The van der Waals surface area contributed by atoms with Crippen molar-refractivity contribution in [1.29, 1.82) is 0 Å². The molecule has 1 heterocycles. The molecule has 1 aromatic rings. The van der Waals surface area contributed by atoms with Crippen molar-refractivity contribution in [1.82, 2.24) is 0 Å². The van der Waals surface area contributed by atoms with E-state index in [9.17, 15) is 15.3 Å². The van der Waals surface area contributed by atoms with Crippen molar-refractivity contribution in [3.05, 3.63) is 46.2 Å². The summed E-state index contributed by atoms with van der Waals surface area (Å²) in [7, 11) is 0.